The molecule has 1 amide bonds. The molecule has 0 unspecified atom stereocenters. The van der Waals surface area contributed by atoms with Crippen molar-refractivity contribution in [1.29, 1.82) is 0 Å². The molecule has 0 aromatic heterocycles. The highest BCUT2D eigenvalue weighted by molar-refractivity contribution is 5.76. The molecule has 28 heavy (non-hydrogen) atoms. The minimum Gasteiger partial charge on any atom is -0.342 e. The highest BCUT2D eigenvalue weighted by Crippen LogP contribution is 2.19. The number of aryl methyl sites for hydroxylation is 2. The molecular formula is C25H34N2O. The fourth-order valence-electron chi connectivity index (χ4n) is 4.07. The van der Waals surface area contributed by atoms with Crippen molar-refractivity contribution >= 4 is 5.91 Å². The summed E-state index contributed by atoms with van der Waals surface area (Å²) in [5.41, 5.74) is 3.88. The van der Waals surface area contributed by atoms with Crippen molar-refractivity contribution in [3.63, 3.8) is 0 Å². The summed E-state index contributed by atoms with van der Waals surface area (Å²) in [5, 5.41) is 0. The summed E-state index contributed by atoms with van der Waals surface area (Å²) in [7, 11) is 2.19. The Balaban J connectivity index is 1.60. The van der Waals surface area contributed by atoms with Gasteiger partial charge in [0.1, 0.15) is 0 Å². The molecule has 0 N–H and O–H groups in total. The second-order valence-electron chi connectivity index (χ2n) is 8.25. The van der Waals surface area contributed by atoms with Gasteiger partial charge in [0.25, 0.3) is 0 Å². The summed E-state index contributed by atoms with van der Waals surface area (Å²) in [6, 6.07) is 18.9. The lowest BCUT2D eigenvalue weighted by Crippen LogP contribution is -2.41. The van der Waals surface area contributed by atoms with Crippen molar-refractivity contribution in [3.8, 4) is 0 Å². The van der Waals surface area contributed by atoms with Crippen molar-refractivity contribution in [2.24, 2.45) is 5.92 Å². The van der Waals surface area contributed by atoms with Gasteiger partial charge in [-0.15, -0.1) is 0 Å². The minimum atomic E-state index is 0.304. The Morgan fingerprint density at radius 3 is 2.39 bits per heavy atom. The smallest absolute Gasteiger partial charge is 0.222 e. The van der Waals surface area contributed by atoms with Gasteiger partial charge in [-0.25, -0.2) is 0 Å². The fourth-order valence-corrected chi connectivity index (χ4v) is 4.07. The lowest BCUT2D eigenvalue weighted by molar-refractivity contribution is -0.132. The van der Waals surface area contributed by atoms with Crippen LogP contribution in [-0.2, 0) is 17.6 Å². The molecular weight excluding hydrogens is 344 g/mol. The molecule has 1 saturated heterocycles. The summed E-state index contributed by atoms with van der Waals surface area (Å²) in [6.45, 7) is 6.16. The highest BCUT2D eigenvalue weighted by atomic mass is 16.2. The van der Waals surface area contributed by atoms with Gasteiger partial charge in [0, 0.05) is 19.5 Å². The zero-order valence-corrected chi connectivity index (χ0v) is 17.4. The van der Waals surface area contributed by atoms with E-state index in [2.05, 4.69) is 72.3 Å². The molecule has 1 heterocycles. The number of carbonyl (C=O) groups is 1. The first-order valence-electron chi connectivity index (χ1n) is 10.7. The lowest BCUT2D eigenvalue weighted by Gasteiger charge is -2.33. The molecule has 1 fully saturated rings. The maximum absolute atomic E-state index is 13.1. The number of nitrogens with zero attached hydrogens (tertiary/aromatic N) is 2. The molecule has 3 rings (SSSR count). The Kier molecular flexibility index (Phi) is 7.67. The fraction of sp³-hybridized carbons (Fsp3) is 0.480. The summed E-state index contributed by atoms with van der Waals surface area (Å²) in [6.07, 6.45) is 4.77. The Morgan fingerprint density at radius 1 is 1.00 bits per heavy atom. The summed E-state index contributed by atoms with van der Waals surface area (Å²) in [4.78, 5) is 17.6. The second-order valence-corrected chi connectivity index (χ2v) is 8.25. The van der Waals surface area contributed by atoms with Gasteiger partial charge in [0.2, 0.25) is 5.91 Å². The third-order valence-electron chi connectivity index (χ3n) is 6.05. The Morgan fingerprint density at radius 2 is 1.68 bits per heavy atom. The van der Waals surface area contributed by atoms with Crippen LogP contribution in [0.5, 0.6) is 0 Å². The maximum atomic E-state index is 13.1. The SMILES string of the molecule is Cc1ccccc1CCC(=O)N(CCc1ccccc1)CC1CCN(C)CC1. The number of hydrogen-bond acceptors (Lipinski definition) is 2. The summed E-state index contributed by atoms with van der Waals surface area (Å²) >= 11 is 0. The standard InChI is InChI=1S/C25H34N2O/c1-21-8-6-7-11-24(21)12-13-25(28)27(19-16-22-9-4-3-5-10-22)20-23-14-17-26(2)18-15-23/h3-11,23H,12-20H2,1-2H3. The zero-order chi connectivity index (χ0) is 19.8. The van der Waals surface area contributed by atoms with E-state index in [0.717, 1.165) is 39.0 Å². The van der Waals surface area contributed by atoms with Crippen molar-refractivity contribution < 1.29 is 4.79 Å². The first-order chi connectivity index (χ1) is 13.6. The highest BCUT2D eigenvalue weighted by Gasteiger charge is 2.22. The molecule has 2 aromatic carbocycles. The number of rotatable bonds is 8. The molecule has 3 heteroatoms. The first kappa shape index (κ1) is 20.6. The third kappa shape index (κ3) is 6.20. The van der Waals surface area contributed by atoms with Crippen LogP contribution in [-0.4, -0.2) is 48.9 Å². The van der Waals surface area contributed by atoms with Gasteiger partial charge in [-0.05, 0) is 75.4 Å². The van der Waals surface area contributed by atoms with Crippen molar-refractivity contribution in [1.82, 2.24) is 9.80 Å². The van der Waals surface area contributed by atoms with E-state index in [1.54, 1.807) is 0 Å². The quantitative estimate of drug-likeness (QED) is 0.682. The summed E-state index contributed by atoms with van der Waals surface area (Å²) in [5.74, 6) is 0.937. The Hall–Kier alpha value is -2.13. The van der Waals surface area contributed by atoms with Crippen LogP contribution < -0.4 is 0 Å². The van der Waals surface area contributed by atoms with E-state index < -0.39 is 0 Å². The molecule has 0 atom stereocenters. The number of benzene rings is 2. The topological polar surface area (TPSA) is 23.6 Å². The Bertz CT molecular complexity index is 735. The second kappa shape index (κ2) is 10.4. The number of hydrogen-bond donors (Lipinski definition) is 0. The normalized spacial score (nSPS) is 15.5. The van der Waals surface area contributed by atoms with E-state index >= 15 is 0 Å². The molecule has 1 aliphatic rings. The average molecular weight is 379 g/mol. The van der Waals surface area contributed by atoms with Gasteiger partial charge >= 0.3 is 0 Å². The van der Waals surface area contributed by atoms with Crippen LogP contribution in [0.25, 0.3) is 0 Å². The minimum absolute atomic E-state index is 0.304. The Labute approximate surface area is 170 Å². The molecule has 0 aliphatic carbocycles. The average Bonchev–Trinajstić information content (AvgIpc) is 2.72. The number of carbonyl (C=O) groups excluding carboxylic acids is 1. The molecule has 0 saturated carbocycles. The number of piperidine rings is 1. The molecule has 3 nitrogen and oxygen atoms in total. The van der Waals surface area contributed by atoms with Crippen molar-refractivity contribution in [3.05, 3.63) is 71.3 Å². The number of likely N-dealkylation sites (tertiary alicyclic amines) is 1. The predicted octanol–water partition coefficient (Wildman–Crippen LogP) is 4.34. The monoisotopic (exact) mass is 378 g/mol. The summed E-state index contributed by atoms with van der Waals surface area (Å²) < 4.78 is 0. The predicted molar refractivity (Wildman–Crippen MR) is 116 cm³/mol. The van der Waals surface area contributed by atoms with Crippen LogP contribution >= 0.6 is 0 Å². The van der Waals surface area contributed by atoms with Crippen LogP contribution in [0, 0.1) is 12.8 Å². The lowest BCUT2D eigenvalue weighted by atomic mass is 9.96. The van der Waals surface area contributed by atoms with Gasteiger partial charge in [0.05, 0.1) is 0 Å². The van der Waals surface area contributed by atoms with Gasteiger partial charge in [0.15, 0.2) is 0 Å². The molecule has 1 aliphatic heterocycles. The van der Waals surface area contributed by atoms with Crippen molar-refractivity contribution in [2.75, 3.05) is 33.2 Å². The largest absolute Gasteiger partial charge is 0.342 e. The molecule has 0 spiro atoms. The van der Waals surface area contributed by atoms with E-state index in [1.165, 1.54) is 29.5 Å². The van der Waals surface area contributed by atoms with Crippen LogP contribution in [0.2, 0.25) is 0 Å². The zero-order valence-electron chi connectivity index (χ0n) is 17.4. The van der Waals surface area contributed by atoms with Crippen LogP contribution in [0.1, 0.15) is 36.0 Å². The van der Waals surface area contributed by atoms with E-state index in [4.69, 9.17) is 0 Å². The third-order valence-corrected chi connectivity index (χ3v) is 6.05. The van der Waals surface area contributed by atoms with Crippen LogP contribution in [0.3, 0.4) is 0 Å². The van der Waals surface area contributed by atoms with E-state index in [0.29, 0.717) is 18.2 Å². The van der Waals surface area contributed by atoms with Gasteiger partial charge in [-0.1, -0.05) is 54.6 Å². The van der Waals surface area contributed by atoms with Crippen LogP contribution in [0.15, 0.2) is 54.6 Å². The van der Waals surface area contributed by atoms with Gasteiger partial charge in [-0.2, -0.15) is 0 Å². The van der Waals surface area contributed by atoms with Gasteiger partial charge < -0.3 is 9.80 Å². The van der Waals surface area contributed by atoms with Crippen molar-refractivity contribution in [2.45, 2.75) is 39.0 Å². The van der Waals surface area contributed by atoms with Crippen LogP contribution in [0.4, 0.5) is 0 Å². The molecule has 0 bridgehead atoms. The van der Waals surface area contributed by atoms with E-state index in [9.17, 15) is 4.79 Å². The van der Waals surface area contributed by atoms with Gasteiger partial charge in [-0.3, -0.25) is 4.79 Å². The van der Waals surface area contributed by atoms with E-state index in [-0.39, 0.29) is 0 Å². The maximum Gasteiger partial charge on any atom is 0.222 e. The van der Waals surface area contributed by atoms with E-state index in [1.807, 2.05) is 6.07 Å². The molecule has 2 aromatic rings. The molecule has 150 valence electrons. The number of amides is 1. The first-order valence-corrected chi connectivity index (χ1v) is 10.7. The molecule has 0 radical (unpaired) electrons.